The number of amides is 1. The molecule has 0 spiro atoms. The Morgan fingerprint density at radius 3 is 2.85 bits per heavy atom. The van der Waals surface area contributed by atoms with Crippen LogP contribution in [-0.2, 0) is 9.53 Å². The molecular formula is C16H22N2O2. The zero-order valence-corrected chi connectivity index (χ0v) is 12.0. The van der Waals surface area contributed by atoms with Crippen LogP contribution in [0.4, 0.5) is 11.4 Å². The van der Waals surface area contributed by atoms with Crippen molar-refractivity contribution in [3.63, 3.8) is 0 Å². The largest absolute Gasteiger partial charge is 0.380 e. The van der Waals surface area contributed by atoms with E-state index in [1.165, 1.54) is 0 Å². The number of nitrogens with one attached hydrogen (secondary N) is 1. The normalized spacial score (nSPS) is 25.6. The van der Waals surface area contributed by atoms with Gasteiger partial charge in [0.25, 0.3) is 0 Å². The maximum Gasteiger partial charge on any atom is 0.227 e. The van der Waals surface area contributed by atoms with Crippen molar-refractivity contribution in [2.24, 2.45) is 0 Å². The molecule has 2 aliphatic rings. The van der Waals surface area contributed by atoms with E-state index in [1.807, 2.05) is 30.0 Å². The summed E-state index contributed by atoms with van der Waals surface area (Å²) in [4.78, 5) is 13.8. The first-order valence-electron chi connectivity index (χ1n) is 7.55. The monoisotopic (exact) mass is 274 g/mol. The zero-order valence-electron chi connectivity index (χ0n) is 12.0. The van der Waals surface area contributed by atoms with E-state index in [2.05, 4.69) is 11.4 Å². The molecule has 108 valence electrons. The Morgan fingerprint density at radius 2 is 2.15 bits per heavy atom. The summed E-state index contributed by atoms with van der Waals surface area (Å²) in [5, 5.41) is 3.56. The number of nitrogens with zero attached hydrogens (tertiary/aromatic N) is 1. The second-order valence-corrected chi connectivity index (χ2v) is 5.56. The van der Waals surface area contributed by atoms with Crippen LogP contribution in [0, 0.1) is 0 Å². The van der Waals surface area contributed by atoms with Crippen LogP contribution in [0.3, 0.4) is 0 Å². The smallest absolute Gasteiger partial charge is 0.227 e. The topological polar surface area (TPSA) is 41.6 Å². The van der Waals surface area contributed by atoms with E-state index in [-0.39, 0.29) is 5.91 Å². The van der Waals surface area contributed by atoms with E-state index in [0.717, 1.165) is 43.8 Å². The Balaban J connectivity index is 1.66. The minimum Gasteiger partial charge on any atom is -0.380 e. The molecule has 2 fully saturated rings. The standard InChI is InChI=1S/C16H22N2O2/c1-2-20-13-10-12(11-13)17-14-6-3-4-7-15(14)18-9-5-8-16(18)19/h3-4,6-7,12-13,17H,2,5,8-11H2,1H3. The number of hydrogen-bond donors (Lipinski definition) is 1. The lowest BCUT2D eigenvalue weighted by molar-refractivity contribution is -0.117. The quantitative estimate of drug-likeness (QED) is 0.897. The first-order chi connectivity index (χ1) is 9.78. The minimum atomic E-state index is 0.236. The van der Waals surface area contributed by atoms with E-state index in [4.69, 9.17) is 4.74 Å². The van der Waals surface area contributed by atoms with Gasteiger partial charge in [-0.3, -0.25) is 4.79 Å². The van der Waals surface area contributed by atoms with Crippen molar-refractivity contribution >= 4 is 17.3 Å². The van der Waals surface area contributed by atoms with Crippen molar-refractivity contribution in [3.05, 3.63) is 24.3 Å². The van der Waals surface area contributed by atoms with Gasteiger partial charge in [0.2, 0.25) is 5.91 Å². The van der Waals surface area contributed by atoms with Crippen molar-refractivity contribution in [2.45, 2.75) is 44.8 Å². The highest BCUT2D eigenvalue weighted by atomic mass is 16.5. The fourth-order valence-electron chi connectivity index (χ4n) is 3.01. The van der Waals surface area contributed by atoms with Gasteiger partial charge in [0, 0.05) is 25.6 Å². The van der Waals surface area contributed by atoms with Crippen molar-refractivity contribution in [1.82, 2.24) is 0 Å². The third-order valence-corrected chi connectivity index (χ3v) is 4.13. The zero-order chi connectivity index (χ0) is 13.9. The summed E-state index contributed by atoms with van der Waals surface area (Å²) < 4.78 is 5.59. The maximum atomic E-state index is 11.9. The predicted molar refractivity (Wildman–Crippen MR) is 80.1 cm³/mol. The van der Waals surface area contributed by atoms with Crippen LogP contribution in [0.15, 0.2) is 24.3 Å². The Hall–Kier alpha value is -1.55. The van der Waals surface area contributed by atoms with Crippen molar-refractivity contribution in [3.8, 4) is 0 Å². The van der Waals surface area contributed by atoms with Crippen molar-refractivity contribution in [2.75, 3.05) is 23.4 Å². The van der Waals surface area contributed by atoms with Gasteiger partial charge in [0.15, 0.2) is 0 Å². The average molecular weight is 274 g/mol. The fourth-order valence-corrected chi connectivity index (χ4v) is 3.01. The molecule has 20 heavy (non-hydrogen) atoms. The Labute approximate surface area is 120 Å². The second-order valence-electron chi connectivity index (χ2n) is 5.56. The lowest BCUT2D eigenvalue weighted by Gasteiger charge is -2.37. The van der Waals surface area contributed by atoms with Gasteiger partial charge >= 0.3 is 0 Å². The van der Waals surface area contributed by atoms with Crippen LogP contribution in [-0.4, -0.2) is 31.2 Å². The second kappa shape index (κ2) is 5.83. The number of ether oxygens (including phenoxy) is 1. The third kappa shape index (κ3) is 2.66. The molecule has 1 saturated carbocycles. The molecule has 4 heteroatoms. The Bertz CT molecular complexity index is 483. The molecule has 1 aliphatic carbocycles. The predicted octanol–water partition coefficient (Wildman–Crippen LogP) is 2.79. The number of carbonyl (C=O) groups is 1. The van der Waals surface area contributed by atoms with E-state index in [1.54, 1.807) is 0 Å². The first kappa shape index (κ1) is 13.4. The Morgan fingerprint density at radius 1 is 1.35 bits per heavy atom. The van der Waals surface area contributed by atoms with Crippen LogP contribution in [0.5, 0.6) is 0 Å². The van der Waals surface area contributed by atoms with E-state index < -0.39 is 0 Å². The summed E-state index contributed by atoms with van der Waals surface area (Å²) in [6, 6.07) is 8.57. The van der Waals surface area contributed by atoms with Gasteiger partial charge in [0.05, 0.1) is 17.5 Å². The molecule has 1 aliphatic heterocycles. The van der Waals surface area contributed by atoms with Gasteiger partial charge in [-0.05, 0) is 38.3 Å². The van der Waals surface area contributed by atoms with Gasteiger partial charge in [-0.1, -0.05) is 12.1 Å². The summed E-state index contributed by atoms with van der Waals surface area (Å²) >= 11 is 0. The van der Waals surface area contributed by atoms with Crippen LogP contribution in [0.1, 0.15) is 32.6 Å². The summed E-state index contributed by atoms with van der Waals surface area (Å²) in [7, 11) is 0. The minimum absolute atomic E-state index is 0.236. The van der Waals surface area contributed by atoms with Crippen LogP contribution < -0.4 is 10.2 Å². The van der Waals surface area contributed by atoms with E-state index in [0.29, 0.717) is 18.6 Å². The number of para-hydroxylation sites is 2. The molecular weight excluding hydrogens is 252 g/mol. The SMILES string of the molecule is CCOC1CC(Nc2ccccc2N2CCCC2=O)C1. The molecule has 1 N–H and O–H groups in total. The van der Waals surface area contributed by atoms with Gasteiger partial charge in [-0.15, -0.1) is 0 Å². The number of hydrogen-bond acceptors (Lipinski definition) is 3. The van der Waals surface area contributed by atoms with Crippen molar-refractivity contribution in [1.29, 1.82) is 0 Å². The number of benzene rings is 1. The van der Waals surface area contributed by atoms with E-state index >= 15 is 0 Å². The molecule has 0 unspecified atom stereocenters. The van der Waals surface area contributed by atoms with Gasteiger partial charge in [-0.2, -0.15) is 0 Å². The average Bonchev–Trinajstić information content (AvgIpc) is 2.83. The molecule has 0 atom stereocenters. The highest BCUT2D eigenvalue weighted by molar-refractivity contribution is 5.98. The third-order valence-electron chi connectivity index (χ3n) is 4.13. The first-order valence-corrected chi connectivity index (χ1v) is 7.55. The molecule has 3 rings (SSSR count). The summed E-state index contributed by atoms with van der Waals surface area (Å²) in [6.45, 7) is 3.66. The Kier molecular flexibility index (Phi) is 3.92. The molecule has 0 radical (unpaired) electrons. The molecule has 1 amide bonds. The van der Waals surface area contributed by atoms with Crippen LogP contribution in [0.25, 0.3) is 0 Å². The van der Waals surface area contributed by atoms with Gasteiger partial charge < -0.3 is 15.0 Å². The summed E-state index contributed by atoms with van der Waals surface area (Å²) in [5.41, 5.74) is 2.09. The molecule has 1 saturated heterocycles. The molecule has 0 bridgehead atoms. The van der Waals surface area contributed by atoms with Gasteiger partial charge in [-0.25, -0.2) is 0 Å². The number of rotatable bonds is 5. The summed E-state index contributed by atoms with van der Waals surface area (Å²) in [5.74, 6) is 0.236. The van der Waals surface area contributed by atoms with Crippen LogP contribution in [0.2, 0.25) is 0 Å². The maximum absolute atomic E-state index is 11.9. The highest BCUT2D eigenvalue weighted by Gasteiger charge is 2.31. The highest BCUT2D eigenvalue weighted by Crippen LogP contribution is 2.33. The summed E-state index contributed by atoms with van der Waals surface area (Å²) in [6.07, 6.45) is 4.14. The molecule has 1 aromatic rings. The lowest BCUT2D eigenvalue weighted by atomic mass is 9.89. The number of carbonyl (C=O) groups excluding carboxylic acids is 1. The lowest BCUT2D eigenvalue weighted by Crippen LogP contribution is -2.41. The molecule has 1 aromatic carbocycles. The molecule has 0 aromatic heterocycles. The molecule has 4 nitrogen and oxygen atoms in total. The van der Waals surface area contributed by atoms with Crippen LogP contribution >= 0.6 is 0 Å². The molecule has 1 heterocycles. The number of anilines is 2. The fraction of sp³-hybridized carbons (Fsp3) is 0.562. The van der Waals surface area contributed by atoms with E-state index in [9.17, 15) is 4.79 Å². The van der Waals surface area contributed by atoms with Gasteiger partial charge in [0.1, 0.15) is 0 Å². The van der Waals surface area contributed by atoms with Crippen molar-refractivity contribution < 1.29 is 9.53 Å².